The van der Waals surface area contributed by atoms with Gasteiger partial charge in [0, 0.05) is 30.6 Å². The quantitative estimate of drug-likeness (QED) is 0.179. The zero-order chi connectivity index (χ0) is 21.2. The fourth-order valence-corrected chi connectivity index (χ4v) is 2.72. The van der Waals surface area contributed by atoms with Crippen LogP contribution in [0.25, 0.3) is 11.4 Å². The lowest BCUT2D eigenvalue weighted by molar-refractivity contribution is 0.321. The van der Waals surface area contributed by atoms with E-state index in [4.69, 9.17) is 25.6 Å². The van der Waals surface area contributed by atoms with Crippen LogP contribution in [0.15, 0.2) is 58.0 Å². The van der Waals surface area contributed by atoms with Gasteiger partial charge in [-0.25, -0.2) is 0 Å². The molecule has 31 heavy (non-hydrogen) atoms. The number of halogens is 2. The van der Waals surface area contributed by atoms with Gasteiger partial charge in [0.25, 0.3) is 0 Å². The fraction of sp³-hybridized carbons (Fsp3) is 0.286. The molecule has 1 aromatic heterocycles. The van der Waals surface area contributed by atoms with Crippen molar-refractivity contribution in [2.24, 2.45) is 4.99 Å². The van der Waals surface area contributed by atoms with Crippen molar-refractivity contribution in [1.82, 2.24) is 20.8 Å². The lowest BCUT2D eigenvalue weighted by Gasteiger charge is -2.12. The van der Waals surface area contributed by atoms with Gasteiger partial charge >= 0.3 is 0 Å². The zero-order valence-corrected chi connectivity index (χ0v) is 20.4. The summed E-state index contributed by atoms with van der Waals surface area (Å²) in [4.78, 5) is 8.59. The number of methoxy groups -OCH3 is 1. The van der Waals surface area contributed by atoms with E-state index in [1.165, 1.54) is 0 Å². The maximum atomic E-state index is 5.90. The predicted octanol–water partition coefficient (Wildman–Crippen LogP) is 3.80. The largest absolute Gasteiger partial charge is 0.497 e. The smallest absolute Gasteiger partial charge is 0.228 e. The van der Waals surface area contributed by atoms with Crippen LogP contribution in [-0.2, 0) is 6.42 Å². The molecule has 2 aromatic carbocycles. The summed E-state index contributed by atoms with van der Waals surface area (Å²) in [5.41, 5.74) is 0.858. The number of ether oxygens (including phenoxy) is 2. The average Bonchev–Trinajstić information content (AvgIpc) is 3.25. The molecule has 0 saturated heterocycles. The highest BCUT2D eigenvalue weighted by Crippen LogP contribution is 2.19. The lowest BCUT2D eigenvalue weighted by atomic mass is 10.2. The molecule has 0 amide bonds. The van der Waals surface area contributed by atoms with Gasteiger partial charge in [-0.15, -0.1) is 24.0 Å². The SMILES string of the molecule is CN=C(NCCOc1ccc(OC)cc1)NCCc1nc(-c2ccc(Cl)cc2)no1.I. The number of hydrogen-bond acceptors (Lipinski definition) is 6. The molecule has 8 nitrogen and oxygen atoms in total. The van der Waals surface area contributed by atoms with Gasteiger partial charge in [-0.1, -0.05) is 16.8 Å². The van der Waals surface area contributed by atoms with Crippen molar-refractivity contribution in [3.05, 3.63) is 59.4 Å². The highest BCUT2D eigenvalue weighted by atomic mass is 127. The fourth-order valence-electron chi connectivity index (χ4n) is 2.59. The van der Waals surface area contributed by atoms with Gasteiger partial charge in [0.1, 0.15) is 18.1 Å². The van der Waals surface area contributed by atoms with Gasteiger partial charge in [-0.05, 0) is 48.5 Å². The number of benzene rings is 2. The summed E-state index contributed by atoms with van der Waals surface area (Å²) in [5, 5.41) is 11.1. The van der Waals surface area contributed by atoms with Crippen LogP contribution >= 0.6 is 35.6 Å². The van der Waals surface area contributed by atoms with Gasteiger partial charge in [0.05, 0.1) is 13.7 Å². The summed E-state index contributed by atoms with van der Waals surface area (Å²) in [6.07, 6.45) is 0.573. The standard InChI is InChI=1S/C21H24ClN5O3.HI/c1-23-21(25-13-14-29-18-9-7-17(28-2)8-10-18)24-12-11-19-26-20(27-30-19)15-3-5-16(22)6-4-15;/h3-10H,11-14H2,1-2H3,(H2,23,24,25);1H. The van der Waals surface area contributed by atoms with E-state index in [1.54, 1.807) is 26.3 Å². The maximum Gasteiger partial charge on any atom is 0.228 e. The van der Waals surface area contributed by atoms with Crippen LogP contribution in [0.5, 0.6) is 11.5 Å². The first kappa shape index (κ1) is 24.7. The molecular weight excluding hydrogens is 533 g/mol. The summed E-state index contributed by atoms with van der Waals surface area (Å²) in [6.45, 7) is 1.70. The number of rotatable bonds is 9. The Morgan fingerprint density at radius 1 is 1.03 bits per heavy atom. The van der Waals surface area contributed by atoms with Crippen molar-refractivity contribution >= 4 is 41.5 Å². The molecule has 10 heteroatoms. The van der Waals surface area contributed by atoms with Crippen molar-refractivity contribution in [2.45, 2.75) is 6.42 Å². The van der Waals surface area contributed by atoms with E-state index in [2.05, 4.69) is 25.8 Å². The molecule has 0 aliphatic carbocycles. The first-order chi connectivity index (χ1) is 14.7. The molecule has 3 rings (SSSR count). The van der Waals surface area contributed by atoms with E-state index >= 15 is 0 Å². The second-order valence-corrected chi connectivity index (χ2v) is 6.65. The maximum absolute atomic E-state index is 5.90. The summed E-state index contributed by atoms with van der Waals surface area (Å²) in [5.74, 6) is 3.34. The minimum atomic E-state index is 0. The average molecular weight is 558 g/mol. The van der Waals surface area contributed by atoms with Gasteiger partial charge in [0.2, 0.25) is 11.7 Å². The first-order valence-corrected chi connectivity index (χ1v) is 9.85. The van der Waals surface area contributed by atoms with Gasteiger partial charge < -0.3 is 24.6 Å². The topological polar surface area (TPSA) is 93.8 Å². The summed E-state index contributed by atoms with van der Waals surface area (Å²) < 4.78 is 16.1. The van der Waals surface area contributed by atoms with Crippen LogP contribution in [0.2, 0.25) is 5.02 Å². The zero-order valence-electron chi connectivity index (χ0n) is 17.3. The Labute approximate surface area is 203 Å². The number of hydrogen-bond donors (Lipinski definition) is 2. The number of aromatic nitrogens is 2. The highest BCUT2D eigenvalue weighted by Gasteiger charge is 2.08. The molecule has 0 radical (unpaired) electrons. The molecule has 0 aliphatic rings. The molecule has 0 saturated carbocycles. The Morgan fingerprint density at radius 2 is 1.71 bits per heavy atom. The van der Waals surface area contributed by atoms with E-state index < -0.39 is 0 Å². The van der Waals surface area contributed by atoms with Crippen molar-refractivity contribution in [3.8, 4) is 22.9 Å². The van der Waals surface area contributed by atoms with Crippen molar-refractivity contribution in [1.29, 1.82) is 0 Å². The minimum absolute atomic E-state index is 0. The predicted molar refractivity (Wildman–Crippen MR) is 132 cm³/mol. The van der Waals surface area contributed by atoms with E-state index in [9.17, 15) is 0 Å². The second-order valence-electron chi connectivity index (χ2n) is 6.22. The molecule has 0 bridgehead atoms. The molecule has 1 heterocycles. The molecule has 166 valence electrons. The molecule has 0 atom stereocenters. The summed E-state index contributed by atoms with van der Waals surface area (Å²) >= 11 is 5.90. The number of nitrogens with one attached hydrogen (secondary N) is 2. The molecule has 0 unspecified atom stereocenters. The van der Waals surface area contributed by atoms with Crippen molar-refractivity contribution in [3.63, 3.8) is 0 Å². The van der Waals surface area contributed by atoms with Gasteiger partial charge in [0.15, 0.2) is 5.96 Å². The van der Waals surface area contributed by atoms with E-state index in [0.717, 1.165) is 17.1 Å². The molecule has 3 aromatic rings. The van der Waals surface area contributed by atoms with E-state index in [1.807, 2.05) is 36.4 Å². The van der Waals surface area contributed by atoms with Crippen LogP contribution in [0.1, 0.15) is 5.89 Å². The van der Waals surface area contributed by atoms with Gasteiger partial charge in [-0.3, -0.25) is 4.99 Å². The number of aliphatic imine (C=N–C) groups is 1. The molecule has 2 N–H and O–H groups in total. The van der Waals surface area contributed by atoms with Gasteiger partial charge in [-0.2, -0.15) is 4.98 Å². The van der Waals surface area contributed by atoms with E-state index in [-0.39, 0.29) is 24.0 Å². The Bertz CT molecular complexity index is 948. The third kappa shape index (κ3) is 7.91. The second kappa shape index (κ2) is 13.0. The first-order valence-electron chi connectivity index (χ1n) is 9.48. The van der Waals surface area contributed by atoms with Crippen LogP contribution in [0.3, 0.4) is 0 Å². The summed E-state index contributed by atoms with van der Waals surface area (Å²) in [7, 11) is 3.35. The lowest BCUT2D eigenvalue weighted by Crippen LogP contribution is -2.40. The minimum Gasteiger partial charge on any atom is -0.497 e. The Balaban J connectivity index is 0.00000341. The highest BCUT2D eigenvalue weighted by molar-refractivity contribution is 14.0. The van der Waals surface area contributed by atoms with Crippen molar-refractivity contribution < 1.29 is 14.0 Å². The van der Waals surface area contributed by atoms with E-state index in [0.29, 0.717) is 48.8 Å². The number of guanidine groups is 1. The Morgan fingerprint density at radius 3 is 2.39 bits per heavy atom. The van der Waals surface area contributed by atoms with Crippen LogP contribution in [-0.4, -0.2) is 50.0 Å². The normalized spacial score (nSPS) is 10.9. The van der Waals surface area contributed by atoms with Crippen LogP contribution in [0.4, 0.5) is 0 Å². The summed E-state index contributed by atoms with van der Waals surface area (Å²) in [6, 6.07) is 14.8. The Hall–Kier alpha value is -2.53. The molecular formula is C21H25ClIN5O3. The Kier molecular flexibility index (Phi) is 10.4. The molecule has 0 spiro atoms. The third-order valence-corrected chi connectivity index (χ3v) is 4.40. The van der Waals surface area contributed by atoms with Crippen LogP contribution in [0, 0.1) is 0 Å². The van der Waals surface area contributed by atoms with Crippen LogP contribution < -0.4 is 20.1 Å². The molecule has 0 fully saturated rings. The molecule has 0 aliphatic heterocycles. The monoisotopic (exact) mass is 557 g/mol. The van der Waals surface area contributed by atoms with Crippen molar-refractivity contribution in [2.75, 3.05) is 33.9 Å². The third-order valence-electron chi connectivity index (χ3n) is 4.15. The number of nitrogens with zero attached hydrogens (tertiary/aromatic N) is 3.